The molecule has 0 aromatic heterocycles. The van der Waals surface area contributed by atoms with Crippen LogP contribution in [0, 0.1) is 5.82 Å². The lowest BCUT2D eigenvalue weighted by Crippen LogP contribution is -2.02. The van der Waals surface area contributed by atoms with Crippen molar-refractivity contribution < 1.29 is 9.13 Å². The molecule has 1 aromatic rings. The Morgan fingerprint density at radius 2 is 2.33 bits per heavy atom. The maximum atomic E-state index is 12.7. The summed E-state index contributed by atoms with van der Waals surface area (Å²) in [4.78, 5) is 0. The average molecular weight is 184 g/mol. The van der Waals surface area contributed by atoms with E-state index >= 15 is 0 Å². The molecule has 0 radical (unpaired) electrons. The van der Waals surface area contributed by atoms with E-state index in [1.54, 1.807) is 12.1 Å². The molecule has 0 atom stereocenters. The Labute approximate surface area is 76.2 Å². The fraction of sp³-hybridized carbons (Fsp3) is 0.222. The number of thiocarbonyl (C=S) groups is 1. The van der Waals surface area contributed by atoms with Gasteiger partial charge >= 0.3 is 0 Å². The molecule has 0 aliphatic heterocycles. The van der Waals surface area contributed by atoms with Crippen molar-refractivity contribution in [2.24, 2.45) is 0 Å². The van der Waals surface area contributed by atoms with Gasteiger partial charge in [0, 0.05) is 5.56 Å². The molecule has 1 rings (SSSR count). The van der Waals surface area contributed by atoms with Gasteiger partial charge in [0.2, 0.25) is 0 Å². The van der Waals surface area contributed by atoms with Crippen LogP contribution in [0.4, 0.5) is 4.39 Å². The van der Waals surface area contributed by atoms with Crippen LogP contribution in [0.1, 0.15) is 12.5 Å². The molecule has 0 saturated heterocycles. The first-order valence-electron chi connectivity index (χ1n) is 3.66. The third kappa shape index (κ3) is 2.27. The minimum atomic E-state index is -0.297. The molecule has 0 bridgehead atoms. The summed E-state index contributed by atoms with van der Waals surface area (Å²) in [5.74, 6) is -0.297. The number of ether oxygens (including phenoxy) is 1. The third-order valence-corrected chi connectivity index (χ3v) is 1.69. The molecule has 0 fully saturated rings. The molecule has 0 saturated carbocycles. The molecule has 0 heterocycles. The average Bonchev–Trinajstić information content (AvgIpc) is 2.05. The van der Waals surface area contributed by atoms with Gasteiger partial charge in [-0.25, -0.2) is 4.39 Å². The number of halogens is 1. The van der Waals surface area contributed by atoms with Crippen LogP contribution >= 0.6 is 12.2 Å². The second-order valence-electron chi connectivity index (χ2n) is 2.23. The molecular weight excluding hydrogens is 175 g/mol. The summed E-state index contributed by atoms with van der Waals surface area (Å²) in [6.07, 6.45) is 0. The number of rotatable bonds is 2. The van der Waals surface area contributed by atoms with Crippen molar-refractivity contribution >= 4 is 17.3 Å². The van der Waals surface area contributed by atoms with Crippen LogP contribution in [0.5, 0.6) is 0 Å². The Morgan fingerprint density at radius 3 is 2.92 bits per heavy atom. The maximum Gasteiger partial charge on any atom is 0.191 e. The zero-order valence-corrected chi connectivity index (χ0v) is 7.53. The summed E-state index contributed by atoms with van der Waals surface area (Å²) in [5.41, 5.74) is 0.617. The molecule has 0 aliphatic rings. The first-order valence-corrected chi connectivity index (χ1v) is 4.07. The molecule has 64 valence electrons. The van der Waals surface area contributed by atoms with Crippen LogP contribution in [0.25, 0.3) is 0 Å². The number of hydrogen-bond donors (Lipinski definition) is 0. The van der Waals surface area contributed by atoms with Gasteiger partial charge in [-0.05, 0) is 31.3 Å². The lowest BCUT2D eigenvalue weighted by molar-refractivity contribution is 0.337. The van der Waals surface area contributed by atoms with Gasteiger partial charge in [0.25, 0.3) is 0 Å². The second-order valence-corrected chi connectivity index (χ2v) is 2.60. The normalized spacial score (nSPS) is 9.50. The van der Waals surface area contributed by atoms with Crippen LogP contribution in [-0.2, 0) is 4.74 Å². The lowest BCUT2D eigenvalue weighted by Gasteiger charge is -2.03. The fourth-order valence-corrected chi connectivity index (χ4v) is 1.07. The van der Waals surface area contributed by atoms with Crippen molar-refractivity contribution in [3.8, 4) is 0 Å². The smallest absolute Gasteiger partial charge is 0.191 e. The van der Waals surface area contributed by atoms with Gasteiger partial charge < -0.3 is 4.74 Å². The minimum absolute atomic E-state index is 0.297. The molecule has 1 aromatic carbocycles. The van der Waals surface area contributed by atoms with Gasteiger partial charge in [0.05, 0.1) is 6.61 Å². The SMILES string of the molecule is CCOC(=S)c1cccc(F)c1. The molecule has 0 amide bonds. The molecule has 0 spiro atoms. The van der Waals surface area contributed by atoms with Crippen LogP contribution in [0.15, 0.2) is 24.3 Å². The molecule has 3 heteroatoms. The standard InChI is InChI=1S/C9H9FOS/c1-2-11-9(12)7-4-3-5-8(10)6-7/h3-6H,2H2,1H3. The zero-order valence-electron chi connectivity index (χ0n) is 6.71. The molecule has 1 nitrogen and oxygen atoms in total. The van der Waals surface area contributed by atoms with Crippen molar-refractivity contribution in [1.29, 1.82) is 0 Å². The first-order chi connectivity index (χ1) is 5.74. The van der Waals surface area contributed by atoms with Gasteiger partial charge in [0.1, 0.15) is 5.82 Å². The van der Waals surface area contributed by atoms with Gasteiger partial charge in [-0.1, -0.05) is 12.1 Å². The monoisotopic (exact) mass is 184 g/mol. The molecule has 0 unspecified atom stereocenters. The fourth-order valence-electron chi connectivity index (χ4n) is 0.830. The Hall–Kier alpha value is -0.960. The summed E-state index contributed by atoms with van der Waals surface area (Å²) in [7, 11) is 0. The quantitative estimate of drug-likeness (QED) is 0.653. The van der Waals surface area contributed by atoms with E-state index in [0.29, 0.717) is 17.2 Å². The first kappa shape index (κ1) is 9.13. The highest BCUT2D eigenvalue weighted by Gasteiger charge is 2.01. The predicted octanol–water partition coefficient (Wildman–Crippen LogP) is 2.54. The van der Waals surface area contributed by atoms with Crippen LogP contribution in [0.3, 0.4) is 0 Å². The summed E-state index contributed by atoms with van der Waals surface area (Å²) < 4.78 is 17.7. The highest BCUT2D eigenvalue weighted by atomic mass is 32.1. The second kappa shape index (κ2) is 4.16. The van der Waals surface area contributed by atoms with Crippen LogP contribution in [0.2, 0.25) is 0 Å². The predicted molar refractivity (Wildman–Crippen MR) is 49.7 cm³/mol. The van der Waals surface area contributed by atoms with Crippen molar-refractivity contribution in [1.82, 2.24) is 0 Å². The minimum Gasteiger partial charge on any atom is -0.483 e. The van der Waals surface area contributed by atoms with Crippen molar-refractivity contribution in [3.05, 3.63) is 35.6 Å². The molecular formula is C9H9FOS. The van der Waals surface area contributed by atoms with Crippen molar-refractivity contribution in [3.63, 3.8) is 0 Å². The van der Waals surface area contributed by atoms with Crippen LogP contribution in [-0.4, -0.2) is 11.7 Å². The summed E-state index contributed by atoms with van der Waals surface area (Å²) in [5, 5.41) is 0.344. The summed E-state index contributed by atoms with van der Waals surface area (Å²) in [6, 6.07) is 6.06. The van der Waals surface area contributed by atoms with Gasteiger partial charge in [0.15, 0.2) is 5.05 Å². The molecule has 0 aliphatic carbocycles. The van der Waals surface area contributed by atoms with E-state index in [2.05, 4.69) is 0 Å². The third-order valence-electron chi connectivity index (χ3n) is 1.34. The largest absolute Gasteiger partial charge is 0.483 e. The Balaban J connectivity index is 2.81. The summed E-state index contributed by atoms with van der Waals surface area (Å²) >= 11 is 4.89. The van der Waals surface area contributed by atoms with E-state index in [9.17, 15) is 4.39 Å². The van der Waals surface area contributed by atoms with Crippen molar-refractivity contribution in [2.75, 3.05) is 6.61 Å². The van der Waals surface area contributed by atoms with E-state index in [-0.39, 0.29) is 5.82 Å². The topological polar surface area (TPSA) is 9.23 Å². The van der Waals surface area contributed by atoms with Crippen LogP contribution < -0.4 is 0 Å². The van der Waals surface area contributed by atoms with E-state index in [1.807, 2.05) is 6.92 Å². The Kier molecular flexibility index (Phi) is 3.17. The summed E-state index contributed by atoms with van der Waals surface area (Å²) in [6.45, 7) is 2.35. The Bertz CT molecular complexity index is 286. The van der Waals surface area contributed by atoms with Gasteiger partial charge in [-0.3, -0.25) is 0 Å². The number of hydrogen-bond acceptors (Lipinski definition) is 2. The Morgan fingerprint density at radius 1 is 1.58 bits per heavy atom. The molecule has 12 heavy (non-hydrogen) atoms. The maximum absolute atomic E-state index is 12.7. The van der Waals surface area contributed by atoms with Gasteiger partial charge in [-0.15, -0.1) is 0 Å². The van der Waals surface area contributed by atoms with E-state index in [0.717, 1.165) is 0 Å². The van der Waals surface area contributed by atoms with E-state index in [1.165, 1.54) is 12.1 Å². The molecule has 0 N–H and O–H groups in total. The highest BCUT2D eigenvalue weighted by Crippen LogP contribution is 2.05. The van der Waals surface area contributed by atoms with E-state index in [4.69, 9.17) is 17.0 Å². The van der Waals surface area contributed by atoms with Gasteiger partial charge in [-0.2, -0.15) is 0 Å². The lowest BCUT2D eigenvalue weighted by atomic mass is 10.2. The zero-order chi connectivity index (χ0) is 8.97. The number of benzene rings is 1. The van der Waals surface area contributed by atoms with E-state index < -0.39 is 0 Å². The highest BCUT2D eigenvalue weighted by molar-refractivity contribution is 7.80. The van der Waals surface area contributed by atoms with Crippen molar-refractivity contribution in [2.45, 2.75) is 6.92 Å².